The normalized spacial score (nSPS) is 12.3. The van der Waals surface area contributed by atoms with Gasteiger partial charge in [-0.2, -0.15) is 0 Å². The van der Waals surface area contributed by atoms with Crippen LogP contribution in [0.1, 0.15) is 22.1 Å². The van der Waals surface area contributed by atoms with E-state index in [-0.39, 0.29) is 22.4 Å². The van der Waals surface area contributed by atoms with Crippen molar-refractivity contribution in [1.29, 1.82) is 0 Å². The van der Waals surface area contributed by atoms with Crippen LogP contribution in [-0.2, 0) is 0 Å². The smallest absolute Gasteiger partial charge is 0.165 e. The Bertz CT molecular complexity index is 643. The Morgan fingerprint density at radius 3 is 2.35 bits per heavy atom. The van der Waals surface area contributed by atoms with Gasteiger partial charge < -0.3 is 4.74 Å². The summed E-state index contributed by atoms with van der Waals surface area (Å²) < 4.78 is 46.2. The molecule has 0 aliphatic rings. The molecule has 0 aliphatic heterocycles. The average Bonchev–Trinajstić information content (AvgIpc) is 2.43. The summed E-state index contributed by atoms with van der Waals surface area (Å²) in [7, 11) is 1.33. The lowest BCUT2D eigenvalue weighted by Gasteiger charge is -2.14. The van der Waals surface area contributed by atoms with Crippen molar-refractivity contribution in [3.63, 3.8) is 0 Å². The van der Waals surface area contributed by atoms with Crippen LogP contribution in [0.2, 0.25) is 0 Å². The fourth-order valence-electron chi connectivity index (χ4n) is 1.92. The molecule has 106 valence electrons. The molecule has 0 heterocycles. The van der Waals surface area contributed by atoms with E-state index >= 15 is 0 Å². The van der Waals surface area contributed by atoms with Crippen molar-refractivity contribution >= 4 is 11.6 Å². The quantitative estimate of drug-likeness (QED) is 0.743. The molecule has 20 heavy (non-hydrogen) atoms. The lowest BCUT2D eigenvalue weighted by atomic mass is 10.0. The van der Waals surface area contributed by atoms with Crippen molar-refractivity contribution in [2.75, 3.05) is 7.11 Å². The highest BCUT2D eigenvalue weighted by Gasteiger charge is 2.22. The Morgan fingerprint density at radius 1 is 1.05 bits per heavy atom. The lowest BCUT2D eigenvalue weighted by molar-refractivity contribution is 0.386. The van der Waals surface area contributed by atoms with E-state index in [1.165, 1.54) is 32.2 Å². The summed E-state index contributed by atoms with van der Waals surface area (Å²) in [5.74, 6) is -2.07. The molecule has 0 spiro atoms. The molecule has 0 aliphatic carbocycles. The first kappa shape index (κ1) is 14.7. The third-order valence-corrected chi connectivity index (χ3v) is 3.51. The molecule has 1 nitrogen and oxygen atoms in total. The molecule has 0 bridgehead atoms. The van der Waals surface area contributed by atoms with Crippen LogP contribution in [0.25, 0.3) is 0 Å². The SMILES string of the molecule is COc1ccc(C(Cl)c2c(F)ccc(C)c2F)cc1F. The lowest BCUT2D eigenvalue weighted by Crippen LogP contribution is -2.03. The van der Waals surface area contributed by atoms with Crippen molar-refractivity contribution in [2.24, 2.45) is 0 Å². The summed E-state index contributed by atoms with van der Waals surface area (Å²) in [5, 5.41) is -1.12. The number of ether oxygens (including phenoxy) is 1. The van der Waals surface area contributed by atoms with Crippen molar-refractivity contribution in [1.82, 2.24) is 0 Å². The van der Waals surface area contributed by atoms with Crippen LogP contribution in [-0.4, -0.2) is 7.11 Å². The van der Waals surface area contributed by atoms with Crippen LogP contribution in [0.15, 0.2) is 30.3 Å². The number of hydrogen-bond donors (Lipinski definition) is 0. The third kappa shape index (κ3) is 2.61. The van der Waals surface area contributed by atoms with E-state index in [0.29, 0.717) is 0 Å². The largest absolute Gasteiger partial charge is 0.494 e. The van der Waals surface area contributed by atoms with Gasteiger partial charge in [-0.05, 0) is 36.2 Å². The van der Waals surface area contributed by atoms with Crippen LogP contribution < -0.4 is 4.74 Å². The molecule has 0 aromatic heterocycles. The first-order valence-electron chi connectivity index (χ1n) is 5.87. The predicted octanol–water partition coefficient (Wildman–Crippen LogP) is 4.75. The Morgan fingerprint density at radius 2 is 1.75 bits per heavy atom. The van der Waals surface area contributed by atoms with Crippen molar-refractivity contribution in [2.45, 2.75) is 12.3 Å². The zero-order valence-electron chi connectivity index (χ0n) is 10.9. The number of aryl methyl sites for hydroxylation is 1. The molecule has 0 amide bonds. The first-order valence-corrected chi connectivity index (χ1v) is 6.31. The van der Waals surface area contributed by atoms with Crippen LogP contribution in [0.5, 0.6) is 5.75 Å². The molecule has 1 unspecified atom stereocenters. The molecule has 2 aromatic carbocycles. The minimum absolute atomic E-state index is 0.0443. The molecule has 0 fully saturated rings. The molecule has 2 aromatic rings. The van der Waals surface area contributed by atoms with E-state index in [0.717, 1.165) is 12.1 Å². The standard InChI is InChI=1S/C15H12ClF3O/c1-8-3-5-10(17)13(15(8)19)14(16)9-4-6-12(20-2)11(18)7-9/h3-7,14H,1-2H3. The number of alkyl halides is 1. The van der Waals surface area contributed by atoms with Crippen LogP contribution in [0, 0.1) is 24.4 Å². The Kier molecular flexibility index (Phi) is 4.23. The Hall–Kier alpha value is -1.68. The van der Waals surface area contributed by atoms with E-state index < -0.39 is 22.8 Å². The molecule has 0 saturated heterocycles. The van der Waals surface area contributed by atoms with Crippen LogP contribution in [0.3, 0.4) is 0 Å². The summed E-state index contributed by atoms with van der Waals surface area (Å²) in [6.07, 6.45) is 0. The molecule has 0 radical (unpaired) electrons. The first-order chi connectivity index (χ1) is 9.45. The zero-order chi connectivity index (χ0) is 14.9. The van der Waals surface area contributed by atoms with Gasteiger partial charge in [0.1, 0.15) is 11.6 Å². The van der Waals surface area contributed by atoms with Gasteiger partial charge in [-0.3, -0.25) is 0 Å². The maximum Gasteiger partial charge on any atom is 0.165 e. The highest BCUT2D eigenvalue weighted by Crippen LogP contribution is 2.35. The van der Waals surface area contributed by atoms with E-state index in [4.69, 9.17) is 16.3 Å². The number of benzene rings is 2. The van der Waals surface area contributed by atoms with E-state index in [1.807, 2.05) is 0 Å². The summed E-state index contributed by atoms with van der Waals surface area (Å²) in [4.78, 5) is 0. The number of hydrogen-bond acceptors (Lipinski definition) is 1. The number of methoxy groups -OCH3 is 1. The summed E-state index contributed by atoms with van der Waals surface area (Å²) in [6.45, 7) is 1.51. The molecular formula is C15H12ClF3O. The van der Waals surface area contributed by atoms with Crippen LogP contribution >= 0.6 is 11.6 Å². The van der Waals surface area contributed by atoms with E-state index in [2.05, 4.69) is 0 Å². The second-order valence-corrected chi connectivity index (χ2v) is 4.78. The second-order valence-electron chi connectivity index (χ2n) is 4.35. The van der Waals surface area contributed by atoms with Gasteiger partial charge in [-0.15, -0.1) is 11.6 Å². The van der Waals surface area contributed by atoms with Gasteiger partial charge in [-0.1, -0.05) is 12.1 Å². The molecule has 1 atom stereocenters. The molecule has 0 saturated carbocycles. The van der Waals surface area contributed by atoms with Gasteiger partial charge in [0.25, 0.3) is 0 Å². The van der Waals surface area contributed by atoms with Gasteiger partial charge in [0.05, 0.1) is 12.5 Å². The van der Waals surface area contributed by atoms with Crippen molar-refractivity contribution in [3.8, 4) is 5.75 Å². The van der Waals surface area contributed by atoms with Gasteiger partial charge in [-0.25, -0.2) is 13.2 Å². The predicted molar refractivity (Wildman–Crippen MR) is 71.7 cm³/mol. The second kappa shape index (κ2) is 5.75. The Balaban J connectivity index is 2.49. The molecule has 5 heteroatoms. The Labute approximate surface area is 119 Å². The minimum Gasteiger partial charge on any atom is -0.494 e. The maximum absolute atomic E-state index is 14.0. The molecule has 2 rings (SSSR count). The topological polar surface area (TPSA) is 9.23 Å². The number of rotatable bonds is 3. The summed E-state index contributed by atoms with van der Waals surface area (Å²) >= 11 is 6.09. The highest BCUT2D eigenvalue weighted by molar-refractivity contribution is 6.22. The summed E-state index contributed by atoms with van der Waals surface area (Å²) in [5.41, 5.74) is 0.255. The summed E-state index contributed by atoms with van der Waals surface area (Å²) in [6, 6.07) is 6.42. The molecular weight excluding hydrogens is 289 g/mol. The zero-order valence-corrected chi connectivity index (χ0v) is 11.6. The van der Waals surface area contributed by atoms with Crippen LogP contribution in [0.4, 0.5) is 13.2 Å². The van der Waals surface area contributed by atoms with Gasteiger partial charge in [0.15, 0.2) is 11.6 Å². The van der Waals surface area contributed by atoms with Crippen molar-refractivity contribution < 1.29 is 17.9 Å². The highest BCUT2D eigenvalue weighted by atomic mass is 35.5. The number of halogens is 4. The fraction of sp³-hybridized carbons (Fsp3) is 0.200. The van der Waals surface area contributed by atoms with Gasteiger partial charge in [0, 0.05) is 5.56 Å². The van der Waals surface area contributed by atoms with E-state index in [1.54, 1.807) is 0 Å². The van der Waals surface area contributed by atoms with Crippen molar-refractivity contribution in [3.05, 3.63) is 64.5 Å². The third-order valence-electron chi connectivity index (χ3n) is 3.04. The van der Waals surface area contributed by atoms with Gasteiger partial charge in [0.2, 0.25) is 0 Å². The van der Waals surface area contributed by atoms with E-state index in [9.17, 15) is 13.2 Å². The fourth-order valence-corrected chi connectivity index (χ4v) is 2.25. The average molecular weight is 301 g/mol. The minimum atomic E-state index is -1.12. The molecule has 0 N–H and O–H groups in total. The maximum atomic E-state index is 14.0. The monoisotopic (exact) mass is 300 g/mol. The van der Waals surface area contributed by atoms with Gasteiger partial charge >= 0.3 is 0 Å².